The van der Waals surface area contributed by atoms with Crippen molar-refractivity contribution in [1.29, 1.82) is 0 Å². The number of benzene rings is 2. The lowest BCUT2D eigenvalue weighted by Gasteiger charge is -2.23. The van der Waals surface area contributed by atoms with Crippen LogP contribution in [-0.2, 0) is 24.0 Å². The van der Waals surface area contributed by atoms with Crippen molar-refractivity contribution in [1.82, 2.24) is 10.6 Å². The molecule has 0 aliphatic carbocycles. The van der Waals surface area contributed by atoms with E-state index >= 15 is 0 Å². The Labute approximate surface area is 517 Å². The van der Waals surface area contributed by atoms with Crippen LogP contribution in [0.5, 0.6) is 0 Å². The van der Waals surface area contributed by atoms with Gasteiger partial charge in [0, 0.05) is 79.9 Å². The SMILES string of the molecule is CC(C)(C)SCC(=O)C(C)(C)C.CC(C)(C)SCCC(=O)NCC(=O)C(C)(C)C.CC(SC(C)(C)C)c1ccc(C(=O)C(C)(C)C)cc1.CC(SC(C)(C)C)c1ccc(C(=O)NCC(=O)C(C)(C)C)cc1.CCSCC(=O)C(C)(C)C. The third kappa shape index (κ3) is 43.7. The summed E-state index contributed by atoms with van der Waals surface area (Å²) in [5, 5.41) is 6.19. The molecule has 0 radical (unpaired) electrons. The van der Waals surface area contributed by atoms with Gasteiger partial charge in [-0.1, -0.05) is 230 Å². The zero-order valence-electron chi connectivity index (χ0n) is 56.6. The summed E-state index contributed by atoms with van der Waals surface area (Å²) in [5.41, 5.74) is 2.42. The van der Waals surface area contributed by atoms with E-state index in [0.29, 0.717) is 45.6 Å². The lowest BCUT2D eigenvalue weighted by Crippen LogP contribution is -2.35. The maximum atomic E-state index is 12.2. The second-order valence-electron chi connectivity index (χ2n) is 29.5. The van der Waals surface area contributed by atoms with Gasteiger partial charge in [-0.25, -0.2) is 0 Å². The quantitative estimate of drug-likeness (QED) is 0.137. The average Bonchev–Trinajstić information content (AvgIpc) is 3.28. The molecule has 0 heterocycles. The molecular weight excluding hydrogens is 1110 g/mol. The molecule has 0 spiro atoms. The Kier molecular flexibility index (Phi) is 36.6. The lowest BCUT2D eigenvalue weighted by atomic mass is 9.86. The van der Waals surface area contributed by atoms with Gasteiger partial charge in [0.2, 0.25) is 5.91 Å². The predicted octanol–water partition coefficient (Wildman–Crippen LogP) is 18.3. The number of hydrogen-bond donors (Lipinski definition) is 2. The van der Waals surface area contributed by atoms with Crippen molar-refractivity contribution in [2.75, 3.05) is 36.1 Å². The molecule has 2 atom stereocenters. The fourth-order valence-corrected chi connectivity index (χ4v) is 11.3. The highest BCUT2D eigenvalue weighted by atomic mass is 32.2. The molecule has 9 nitrogen and oxygen atoms in total. The Hall–Kier alpha value is -2.52. The second-order valence-corrected chi connectivity index (χ2v) is 38.8. The van der Waals surface area contributed by atoms with Gasteiger partial charge in [-0.05, 0) is 42.9 Å². The number of rotatable bonds is 18. The summed E-state index contributed by atoms with van der Waals surface area (Å²) in [6.07, 6.45) is 0.472. The summed E-state index contributed by atoms with van der Waals surface area (Å²) in [7, 11) is 0. The number of carbonyl (C=O) groups is 7. The van der Waals surface area contributed by atoms with Crippen LogP contribution in [0.25, 0.3) is 0 Å². The van der Waals surface area contributed by atoms with E-state index in [0.717, 1.165) is 17.1 Å². The van der Waals surface area contributed by atoms with Crippen molar-refractivity contribution >= 4 is 99.5 Å². The summed E-state index contributed by atoms with van der Waals surface area (Å²) in [4.78, 5) is 81.9. The van der Waals surface area contributed by atoms with E-state index in [-0.39, 0.29) is 82.9 Å². The van der Waals surface area contributed by atoms with Crippen molar-refractivity contribution < 1.29 is 33.6 Å². The minimum atomic E-state index is -0.434. The van der Waals surface area contributed by atoms with Crippen LogP contribution in [0, 0.1) is 27.1 Å². The van der Waals surface area contributed by atoms with E-state index in [4.69, 9.17) is 0 Å². The van der Waals surface area contributed by atoms with Crippen LogP contribution in [0.2, 0.25) is 0 Å². The van der Waals surface area contributed by atoms with Gasteiger partial charge < -0.3 is 10.6 Å². The van der Waals surface area contributed by atoms with Crippen molar-refractivity contribution in [2.24, 2.45) is 27.1 Å². The standard InChI is InChI=1S/C19H29NO2S.C17H26OS.C13H25NO2S.C10H20OS.C8H16OS/c1-13(23-19(5,6)7)14-8-10-15(11-9-14)17(22)20-12-16(21)18(2,3)4;1-12(19-17(5,6)7)13-8-10-14(11-9-13)15(18)16(2,3)4;1-12(2,3)10(15)9-14-11(16)7-8-17-13(4,5)6;1-9(2,3)8(11)7-12-10(4,5)6;1-5-10-6-7(9)8(2,3)4/h8-11,13H,12H2,1-7H3,(H,20,22);8-12H,1-7H3;7-9H2,1-6H3,(H,14,16);7H2,1-6H3;5-6H2,1-4H3. The Bertz CT molecular complexity index is 2230. The first-order valence-electron chi connectivity index (χ1n) is 28.7. The topological polar surface area (TPSA) is 144 Å². The molecule has 0 aromatic heterocycles. The molecule has 466 valence electrons. The molecule has 2 amide bonds. The van der Waals surface area contributed by atoms with Gasteiger partial charge in [0.25, 0.3) is 5.91 Å². The molecule has 2 aromatic rings. The molecular formula is C67H116N2O7S5. The fourth-order valence-electron chi connectivity index (χ4n) is 5.86. The maximum Gasteiger partial charge on any atom is 0.251 e. The highest BCUT2D eigenvalue weighted by molar-refractivity contribution is 8.01. The molecule has 0 aliphatic rings. The highest BCUT2D eigenvalue weighted by Gasteiger charge is 2.27. The Morgan fingerprint density at radius 3 is 1.05 bits per heavy atom. The van der Waals surface area contributed by atoms with Gasteiger partial charge in [0.05, 0.1) is 24.6 Å². The first-order valence-corrected chi connectivity index (χ1v) is 33.6. The summed E-state index contributed by atoms with van der Waals surface area (Å²) < 4.78 is 0.824. The van der Waals surface area contributed by atoms with Crippen LogP contribution in [0.1, 0.15) is 256 Å². The normalized spacial score (nSPS) is 13.2. The molecule has 2 aromatic carbocycles. The molecule has 0 saturated heterocycles. The van der Waals surface area contributed by atoms with E-state index in [1.54, 1.807) is 35.3 Å². The van der Waals surface area contributed by atoms with Gasteiger partial charge in [-0.3, -0.25) is 33.6 Å². The van der Waals surface area contributed by atoms with Crippen LogP contribution in [0.15, 0.2) is 48.5 Å². The van der Waals surface area contributed by atoms with Crippen LogP contribution in [-0.4, -0.2) is 95.8 Å². The Balaban J connectivity index is -0.000000967. The third-order valence-corrected chi connectivity index (χ3v) is 17.3. The number of nitrogens with one attached hydrogen (secondary N) is 2. The van der Waals surface area contributed by atoms with Crippen LogP contribution in [0.3, 0.4) is 0 Å². The summed E-state index contributed by atoms with van der Waals surface area (Å²) in [5.74, 6) is 3.85. The molecule has 2 rings (SSSR count). The number of thioether (sulfide) groups is 5. The number of hydrogen-bond acceptors (Lipinski definition) is 12. The Morgan fingerprint density at radius 2 is 0.741 bits per heavy atom. The third-order valence-electron chi connectivity index (χ3n) is 11.2. The zero-order chi connectivity index (χ0) is 64.6. The first-order chi connectivity index (χ1) is 36.0. The molecule has 2 unspecified atom stereocenters. The minimum Gasteiger partial charge on any atom is -0.349 e. The van der Waals surface area contributed by atoms with E-state index in [2.05, 4.69) is 127 Å². The molecule has 0 saturated carbocycles. The fraction of sp³-hybridized carbons (Fsp3) is 0.716. The lowest BCUT2D eigenvalue weighted by molar-refractivity contribution is -0.128. The van der Waals surface area contributed by atoms with Gasteiger partial charge in [-0.15, -0.1) is 35.3 Å². The number of ketones is 5. The molecule has 0 fully saturated rings. The predicted molar refractivity (Wildman–Crippen MR) is 363 cm³/mol. The second kappa shape index (κ2) is 35.8. The molecule has 0 bridgehead atoms. The van der Waals surface area contributed by atoms with Crippen LogP contribution >= 0.6 is 58.8 Å². The maximum absolute atomic E-state index is 12.2. The molecule has 14 heteroatoms. The average molecular weight is 1220 g/mol. The van der Waals surface area contributed by atoms with Gasteiger partial charge >= 0.3 is 0 Å². The van der Waals surface area contributed by atoms with Crippen molar-refractivity contribution in [3.8, 4) is 0 Å². The highest BCUT2D eigenvalue weighted by Crippen LogP contribution is 2.39. The van der Waals surface area contributed by atoms with E-state index < -0.39 is 5.41 Å². The van der Waals surface area contributed by atoms with Crippen molar-refractivity contribution in [3.63, 3.8) is 0 Å². The largest absolute Gasteiger partial charge is 0.349 e. The molecule has 0 aliphatic heterocycles. The van der Waals surface area contributed by atoms with Crippen molar-refractivity contribution in [3.05, 3.63) is 70.8 Å². The van der Waals surface area contributed by atoms with Gasteiger partial charge in [-0.2, -0.15) is 23.5 Å². The van der Waals surface area contributed by atoms with Crippen LogP contribution < -0.4 is 10.6 Å². The van der Waals surface area contributed by atoms with E-state index in [1.165, 1.54) is 11.1 Å². The first kappa shape index (κ1) is 82.7. The Morgan fingerprint density at radius 1 is 0.407 bits per heavy atom. The van der Waals surface area contributed by atoms with E-state index in [9.17, 15) is 33.6 Å². The van der Waals surface area contributed by atoms with Gasteiger partial charge in [0.1, 0.15) is 11.6 Å². The summed E-state index contributed by atoms with van der Waals surface area (Å²) in [6, 6.07) is 15.7. The van der Waals surface area contributed by atoms with E-state index in [1.807, 2.05) is 164 Å². The smallest absolute Gasteiger partial charge is 0.251 e. The van der Waals surface area contributed by atoms with Crippen molar-refractivity contribution in [2.45, 2.75) is 244 Å². The summed E-state index contributed by atoms with van der Waals surface area (Å²) in [6.45, 7) is 61.5. The number of amides is 2. The number of carbonyl (C=O) groups excluding carboxylic acids is 7. The van der Waals surface area contributed by atoms with Gasteiger partial charge in [0.15, 0.2) is 17.3 Å². The molecule has 81 heavy (non-hydrogen) atoms. The van der Waals surface area contributed by atoms with Crippen LogP contribution in [0.4, 0.5) is 0 Å². The zero-order valence-corrected chi connectivity index (χ0v) is 60.7. The summed E-state index contributed by atoms with van der Waals surface area (Å²) >= 11 is 9.01. The monoisotopic (exact) mass is 1220 g/mol. The number of Topliss-reactive ketones (excluding diaryl/α,β-unsaturated/α-hetero) is 5. The minimum absolute atomic E-state index is 0.0256. The molecule has 2 N–H and O–H groups in total.